The van der Waals surface area contributed by atoms with Gasteiger partial charge in [0.2, 0.25) is 5.91 Å². The minimum absolute atomic E-state index is 0.0155. The molecule has 0 rings (SSSR count). The number of hydrogen-bond donors (Lipinski definition) is 3. The number of carbonyl (C=O) groups excluding carboxylic acids is 2. The Morgan fingerprint density at radius 2 is 0.595 bits per heavy atom. The van der Waals surface area contributed by atoms with Gasteiger partial charge in [0, 0.05) is 12.8 Å². The van der Waals surface area contributed by atoms with E-state index in [1.165, 1.54) is 334 Å². The second-order valence-corrected chi connectivity index (χ2v) is 26.0. The Bertz CT molecular complexity index is 1400. The molecule has 0 aliphatic carbocycles. The fraction of sp³-hybridized carbons (Fsp3) is 0.872. The molecule has 0 saturated carbocycles. The van der Waals surface area contributed by atoms with E-state index in [4.69, 9.17) is 4.74 Å². The molecule has 0 fully saturated rings. The lowest BCUT2D eigenvalue weighted by atomic mass is 10.0. The van der Waals surface area contributed by atoms with Crippen LogP contribution in [0.5, 0.6) is 0 Å². The molecular formula is C78H147NO5. The lowest BCUT2D eigenvalue weighted by Gasteiger charge is -2.20. The molecule has 0 aromatic heterocycles. The molecule has 2 atom stereocenters. The summed E-state index contributed by atoms with van der Waals surface area (Å²) >= 11 is 0. The second-order valence-electron chi connectivity index (χ2n) is 26.0. The van der Waals surface area contributed by atoms with Gasteiger partial charge in [-0.2, -0.15) is 0 Å². The molecule has 0 aromatic carbocycles. The number of unbranched alkanes of at least 4 members (excludes halogenated alkanes) is 54. The van der Waals surface area contributed by atoms with Crippen LogP contribution in [0.2, 0.25) is 0 Å². The van der Waals surface area contributed by atoms with Crippen molar-refractivity contribution in [1.82, 2.24) is 5.32 Å². The molecular weight excluding hydrogens is 1030 g/mol. The summed E-state index contributed by atoms with van der Waals surface area (Å²) in [5.41, 5.74) is 0. The minimum Gasteiger partial charge on any atom is -0.466 e. The van der Waals surface area contributed by atoms with Gasteiger partial charge < -0.3 is 20.3 Å². The second kappa shape index (κ2) is 73.3. The summed E-state index contributed by atoms with van der Waals surface area (Å²) in [6, 6.07) is -0.625. The molecule has 0 spiro atoms. The van der Waals surface area contributed by atoms with Crippen molar-refractivity contribution in [1.29, 1.82) is 0 Å². The Labute approximate surface area is 525 Å². The molecule has 0 radical (unpaired) electrons. The third-order valence-electron chi connectivity index (χ3n) is 17.6. The summed E-state index contributed by atoms with van der Waals surface area (Å²) in [5, 5.41) is 23.1. The van der Waals surface area contributed by atoms with E-state index in [0.717, 1.165) is 51.4 Å². The highest BCUT2D eigenvalue weighted by molar-refractivity contribution is 5.76. The lowest BCUT2D eigenvalue weighted by Crippen LogP contribution is -2.45. The van der Waals surface area contributed by atoms with Gasteiger partial charge in [-0.25, -0.2) is 0 Å². The number of amides is 1. The molecule has 494 valence electrons. The molecule has 0 bridgehead atoms. The average Bonchev–Trinajstić information content (AvgIpc) is 3.54. The molecule has 0 aliphatic heterocycles. The van der Waals surface area contributed by atoms with Crippen LogP contribution in [0.25, 0.3) is 0 Å². The van der Waals surface area contributed by atoms with E-state index in [0.29, 0.717) is 19.4 Å². The predicted octanol–water partition coefficient (Wildman–Crippen LogP) is 24.8. The quantitative estimate of drug-likeness (QED) is 0.0320. The highest BCUT2D eigenvalue weighted by Crippen LogP contribution is 2.19. The van der Waals surface area contributed by atoms with E-state index >= 15 is 0 Å². The topological polar surface area (TPSA) is 95.9 Å². The Kier molecular flexibility index (Phi) is 71.4. The molecule has 0 aromatic rings. The van der Waals surface area contributed by atoms with Crippen molar-refractivity contribution < 1.29 is 24.5 Å². The monoisotopic (exact) mass is 1180 g/mol. The zero-order chi connectivity index (χ0) is 60.6. The van der Waals surface area contributed by atoms with Crippen LogP contribution >= 0.6 is 0 Å². The Balaban J connectivity index is 3.36. The van der Waals surface area contributed by atoms with E-state index in [1.807, 2.05) is 6.08 Å². The maximum Gasteiger partial charge on any atom is 0.305 e. The van der Waals surface area contributed by atoms with E-state index < -0.39 is 12.1 Å². The van der Waals surface area contributed by atoms with Gasteiger partial charge in [0.25, 0.3) is 0 Å². The molecule has 3 N–H and O–H groups in total. The Morgan fingerprint density at radius 3 is 0.917 bits per heavy atom. The van der Waals surface area contributed by atoms with Crippen molar-refractivity contribution in [3.05, 3.63) is 48.6 Å². The zero-order valence-corrected chi connectivity index (χ0v) is 56.6. The number of hydrogen-bond acceptors (Lipinski definition) is 5. The van der Waals surface area contributed by atoms with E-state index in [9.17, 15) is 19.8 Å². The standard InChI is InChI=1S/C78H147NO5/c1-3-5-7-9-11-13-15-17-18-40-44-48-52-56-60-64-68-72-78(83)84-73-69-65-61-57-53-49-45-42-39-37-35-33-31-29-27-25-23-21-19-20-22-24-26-28-30-32-34-36-38-41-43-47-51-55-59-63-67-71-77(82)79-75(74-80)76(81)70-66-62-58-54-50-46-16-14-12-10-8-6-4-2/h17-19,21,25,27,66,70,75-76,80-81H,3-16,20,22-24,26,28-65,67-69,71-74H2,1-2H3,(H,79,82)/b18-17-,21-19-,27-25-,70-66+. The van der Waals surface area contributed by atoms with Crippen LogP contribution in [-0.2, 0) is 14.3 Å². The molecule has 0 heterocycles. The van der Waals surface area contributed by atoms with Crippen molar-refractivity contribution in [3.63, 3.8) is 0 Å². The summed E-state index contributed by atoms with van der Waals surface area (Å²) in [6.45, 7) is 4.92. The van der Waals surface area contributed by atoms with Gasteiger partial charge >= 0.3 is 5.97 Å². The first-order valence-corrected chi connectivity index (χ1v) is 37.9. The van der Waals surface area contributed by atoms with Gasteiger partial charge in [-0.3, -0.25) is 9.59 Å². The third kappa shape index (κ3) is 68.9. The first kappa shape index (κ1) is 81.8. The number of allylic oxidation sites excluding steroid dienone is 7. The maximum absolute atomic E-state index is 12.5. The maximum atomic E-state index is 12.5. The fourth-order valence-corrected chi connectivity index (χ4v) is 11.8. The molecule has 6 nitrogen and oxygen atoms in total. The first-order valence-electron chi connectivity index (χ1n) is 37.9. The van der Waals surface area contributed by atoms with Gasteiger partial charge in [-0.1, -0.05) is 358 Å². The smallest absolute Gasteiger partial charge is 0.305 e. The van der Waals surface area contributed by atoms with Crippen LogP contribution in [0.1, 0.15) is 412 Å². The Morgan fingerprint density at radius 1 is 0.333 bits per heavy atom. The molecule has 0 aliphatic rings. The number of rotatable bonds is 71. The number of ether oxygens (including phenoxy) is 1. The summed E-state index contributed by atoms with van der Waals surface area (Å²) in [6.07, 6.45) is 96.5. The van der Waals surface area contributed by atoms with Gasteiger partial charge in [0.1, 0.15) is 0 Å². The highest BCUT2D eigenvalue weighted by Gasteiger charge is 2.18. The van der Waals surface area contributed by atoms with E-state index in [1.54, 1.807) is 6.08 Å². The van der Waals surface area contributed by atoms with Crippen molar-refractivity contribution in [2.75, 3.05) is 13.2 Å². The number of aliphatic hydroxyl groups is 2. The van der Waals surface area contributed by atoms with E-state index in [-0.39, 0.29) is 18.5 Å². The van der Waals surface area contributed by atoms with Crippen LogP contribution in [0.15, 0.2) is 48.6 Å². The molecule has 6 heteroatoms. The fourth-order valence-electron chi connectivity index (χ4n) is 11.8. The largest absolute Gasteiger partial charge is 0.466 e. The third-order valence-corrected chi connectivity index (χ3v) is 17.6. The summed E-state index contributed by atoms with van der Waals surface area (Å²) in [5.74, 6) is -0.0485. The van der Waals surface area contributed by atoms with E-state index in [2.05, 4.69) is 55.6 Å². The van der Waals surface area contributed by atoms with Gasteiger partial charge in [0.15, 0.2) is 0 Å². The van der Waals surface area contributed by atoms with Crippen LogP contribution in [0.4, 0.5) is 0 Å². The normalized spacial score (nSPS) is 12.8. The number of aliphatic hydroxyl groups excluding tert-OH is 2. The van der Waals surface area contributed by atoms with Crippen molar-refractivity contribution >= 4 is 11.9 Å². The first-order chi connectivity index (χ1) is 41.5. The summed E-state index contributed by atoms with van der Waals surface area (Å²) in [7, 11) is 0. The van der Waals surface area contributed by atoms with Gasteiger partial charge in [-0.05, 0) is 89.9 Å². The number of nitrogens with one attached hydrogen (secondary N) is 1. The lowest BCUT2D eigenvalue weighted by molar-refractivity contribution is -0.143. The van der Waals surface area contributed by atoms with Gasteiger partial charge in [-0.15, -0.1) is 0 Å². The molecule has 84 heavy (non-hydrogen) atoms. The Hall–Kier alpha value is -2.18. The molecule has 1 amide bonds. The minimum atomic E-state index is -0.842. The van der Waals surface area contributed by atoms with Crippen LogP contribution in [0.3, 0.4) is 0 Å². The molecule has 2 unspecified atom stereocenters. The average molecular weight is 1180 g/mol. The van der Waals surface area contributed by atoms with Crippen LogP contribution < -0.4 is 5.32 Å². The molecule has 0 saturated heterocycles. The van der Waals surface area contributed by atoms with Crippen LogP contribution in [-0.4, -0.2) is 47.4 Å². The number of esters is 1. The summed E-state index contributed by atoms with van der Waals surface area (Å²) < 4.78 is 5.50. The van der Waals surface area contributed by atoms with Crippen molar-refractivity contribution in [3.8, 4) is 0 Å². The van der Waals surface area contributed by atoms with Gasteiger partial charge in [0.05, 0.1) is 25.4 Å². The summed E-state index contributed by atoms with van der Waals surface area (Å²) in [4.78, 5) is 24.6. The van der Waals surface area contributed by atoms with Crippen LogP contribution in [0, 0.1) is 0 Å². The van der Waals surface area contributed by atoms with Crippen molar-refractivity contribution in [2.24, 2.45) is 0 Å². The highest BCUT2D eigenvalue weighted by atomic mass is 16.5. The number of carbonyl (C=O) groups is 2. The SMILES string of the molecule is CCCCCCCC/C=C\CCCCCCCCCC(=O)OCCCCCCCCCCCCCCC/C=C\C/C=C\CCCCCCCCCCCCCCCCCCCC(=O)NC(CO)C(O)/C=C/CCCCCCCCCCCCC. The van der Waals surface area contributed by atoms with Crippen molar-refractivity contribution in [2.45, 2.75) is 424 Å². The zero-order valence-electron chi connectivity index (χ0n) is 56.6. The predicted molar refractivity (Wildman–Crippen MR) is 370 cm³/mol.